The van der Waals surface area contributed by atoms with Gasteiger partial charge in [-0.2, -0.15) is 0 Å². The molecule has 0 unspecified atom stereocenters. The zero-order chi connectivity index (χ0) is 14.9. The number of nitrogens with one attached hydrogen (secondary N) is 1. The van der Waals surface area contributed by atoms with Gasteiger partial charge in [0.2, 0.25) is 0 Å². The predicted molar refractivity (Wildman–Crippen MR) is 86.4 cm³/mol. The van der Waals surface area contributed by atoms with Gasteiger partial charge in [-0.05, 0) is 26.2 Å². The first-order valence-electron chi connectivity index (χ1n) is 7.04. The highest BCUT2D eigenvalue weighted by Gasteiger charge is 2.04. The van der Waals surface area contributed by atoms with E-state index in [-0.39, 0.29) is 0 Å². The van der Waals surface area contributed by atoms with E-state index in [1.54, 1.807) is 17.5 Å². The van der Waals surface area contributed by atoms with E-state index in [2.05, 4.69) is 25.6 Å². The molecular weight excluding hydrogens is 284 g/mol. The van der Waals surface area contributed by atoms with Crippen LogP contribution in [-0.4, -0.2) is 55.3 Å². The first-order valence-corrected chi connectivity index (χ1v) is 7.92. The molecule has 6 heteroatoms. The Kier molecular flexibility index (Phi) is 6.75. The summed E-state index contributed by atoms with van der Waals surface area (Å²) in [5.41, 5.74) is 1.98. The van der Waals surface area contributed by atoms with Gasteiger partial charge in [0, 0.05) is 31.2 Å². The van der Waals surface area contributed by atoms with E-state index in [4.69, 9.17) is 4.74 Å². The van der Waals surface area contributed by atoms with E-state index in [0.29, 0.717) is 0 Å². The molecule has 0 atom stereocenters. The van der Waals surface area contributed by atoms with Crippen LogP contribution < -0.4 is 5.32 Å². The summed E-state index contributed by atoms with van der Waals surface area (Å²) in [4.78, 5) is 11.0. The van der Waals surface area contributed by atoms with Gasteiger partial charge in [-0.3, -0.25) is 4.98 Å². The number of aromatic nitrogens is 2. The predicted octanol–water partition coefficient (Wildman–Crippen LogP) is 1.87. The molecule has 0 fully saturated rings. The number of ether oxygens (including phenoxy) is 1. The normalized spacial score (nSPS) is 11.2. The highest BCUT2D eigenvalue weighted by molar-refractivity contribution is 7.13. The van der Waals surface area contributed by atoms with Crippen molar-refractivity contribution in [2.75, 3.05) is 40.4 Å². The Morgan fingerprint density at radius 1 is 1.29 bits per heavy atom. The van der Waals surface area contributed by atoms with Gasteiger partial charge < -0.3 is 15.0 Å². The average molecular weight is 306 g/mol. The van der Waals surface area contributed by atoms with Gasteiger partial charge in [-0.15, -0.1) is 11.3 Å². The first kappa shape index (κ1) is 16.0. The number of rotatable bonds is 9. The maximum Gasteiger partial charge on any atom is 0.142 e. The molecule has 2 rings (SSSR count). The van der Waals surface area contributed by atoms with E-state index >= 15 is 0 Å². The molecule has 2 heterocycles. The molecule has 0 saturated carbocycles. The second kappa shape index (κ2) is 8.84. The van der Waals surface area contributed by atoms with Gasteiger partial charge in [0.1, 0.15) is 5.01 Å². The molecule has 0 saturated heterocycles. The number of nitrogens with zero attached hydrogens (tertiary/aromatic N) is 3. The summed E-state index contributed by atoms with van der Waals surface area (Å²) < 4.78 is 5.52. The lowest BCUT2D eigenvalue weighted by atomic mass is 10.3. The molecule has 0 bridgehead atoms. The average Bonchev–Trinajstić information content (AvgIpc) is 2.96. The van der Waals surface area contributed by atoms with Crippen molar-refractivity contribution >= 4 is 11.3 Å². The molecule has 2 aromatic rings. The summed E-state index contributed by atoms with van der Waals surface area (Å²) >= 11 is 1.63. The number of hydrogen-bond acceptors (Lipinski definition) is 6. The quantitative estimate of drug-likeness (QED) is 0.717. The second-order valence-corrected chi connectivity index (χ2v) is 5.81. The molecule has 0 aromatic carbocycles. The van der Waals surface area contributed by atoms with E-state index in [1.807, 2.05) is 32.3 Å². The topological polar surface area (TPSA) is 50.3 Å². The minimum Gasteiger partial charge on any atom is -0.379 e. The van der Waals surface area contributed by atoms with Crippen LogP contribution in [0.4, 0.5) is 0 Å². The number of likely N-dealkylation sites (N-methyl/N-ethyl adjacent to an activating group) is 1. The molecule has 0 spiro atoms. The maximum absolute atomic E-state index is 5.52. The van der Waals surface area contributed by atoms with Crippen molar-refractivity contribution in [3.63, 3.8) is 0 Å². The van der Waals surface area contributed by atoms with Gasteiger partial charge in [0.15, 0.2) is 0 Å². The summed E-state index contributed by atoms with van der Waals surface area (Å²) in [7, 11) is 4.09. The molecule has 2 aromatic heterocycles. The number of thiazole rings is 1. The van der Waals surface area contributed by atoms with Crippen molar-refractivity contribution in [3.05, 3.63) is 35.5 Å². The van der Waals surface area contributed by atoms with Crippen molar-refractivity contribution in [3.8, 4) is 10.7 Å². The third kappa shape index (κ3) is 5.89. The van der Waals surface area contributed by atoms with Crippen molar-refractivity contribution < 1.29 is 4.74 Å². The second-order valence-electron chi connectivity index (χ2n) is 4.95. The Labute approximate surface area is 130 Å². The Balaban J connectivity index is 1.65. The Morgan fingerprint density at radius 3 is 2.95 bits per heavy atom. The monoisotopic (exact) mass is 306 g/mol. The molecule has 0 aliphatic heterocycles. The molecule has 0 aliphatic carbocycles. The molecule has 0 amide bonds. The minimum atomic E-state index is 0.727. The van der Waals surface area contributed by atoms with Crippen molar-refractivity contribution in [2.24, 2.45) is 0 Å². The number of pyridine rings is 1. The molecule has 114 valence electrons. The third-order valence-electron chi connectivity index (χ3n) is 2.85. The fourth-order valence-electron chi connectivity index (χ4n) is 1.71. The summed E-state index contributed by atoms with van der Waals surface area (Å²) in [6, 6.07) is 5.87. The van der Waals surface area contributed by atoms with Crippen LogP contribution in [0.3, 0.4) is 0 Å². The standard InChI is InChI=1S/C15H22N4OS/c1-19(2)8-10-20-9-7-16-11-13-12-21-15(18-13)14-5-3-4-6-17-14/h3-6,12,16H,7-11H2,1-2H3. The van der Waals surface area contributed by atoms with Crippen molar-refractivity contribution in [1.29, 1.82) is 0 Å². The maximum atomic E-state index is 5.52. The zero-order valence-electron chi connectivity index (χ0n) is 12.6. The third-order valence-corrected chi connectivity index (χ3v) is 3.76. The van der Waals surface area contributed by atoms with Gasteiger partial charge in [0.25, 0.3) is 0 Å². The Bertz CT molecular complexity index is 515. The zero-order valence-corrected chi connectivity index (χ0v) is 13.4. The summed E-state index contributed by atoms with van der Waals surface area (Å²) in [5.74, 6) is 0. The van der Waals surface area contributed by atoms with E-state index in [0.717, 1.165) is 49.2 Å². The van der Waals surface area contributed by atoms with Crippen LogP contribution >= 0.6 is 11.3 Å². The molecule has 0 radical (unpaired) electrons. The summed E-state index contributed by atoms with van der Waals surface area (Å²) in [6.07, 6.45) is 1.79. The van der Waals surface area contributed by atoms with Gasteiger partial charge >= 0.3 is 0 Å². The van der Waals surface area contributed by atoms with Crippen LogP contribution in [-0.2, 0) is 11.3 Å². The smallest absolute Gasteiger partial charge is 0.142 e. The summed E-state index contributed by atoms with van der Waals surface area (Å²) in [5, 5.41) is 6.38. The van der Waals surface area contributed by atoms with Gasteiger partial charge in [-0.1, -0.05) is 6.07 Å². The van der Waals surface area contributed by atoms with Gasteiger partial charge in [0.05, 0.1) is 24.6 Å². The lowest BCUT2D eigenvalue weighted by Gasteiger charge is -2.09. The fraction of sp³-hybridized carbons (Fsp3) is 0.467. The van der Waals surface area contributed by atoms with E-state index in [1.165, 1.54) is 0 Å². The van der Waals surface area contributed by atoms with Crippen LogP contribution in [0.1, 0.15) is 5.69 Å². The largest absolute Gasteiger partial charge is 0.379 e. The molecule has 1 N–H and O–H groups in total. The molecular formula is C15H22N4OS. The molecule has 5 nitrogen and oxygen atoms in total. The van der Waals surface area contributed by atoms with Crippen LogP contribution in [0.25, 0.3) is 10.7 Å². The van der Waals surface area contributed by atoms with Crippen LogP contribution in [0.15, 0.2) is 29.8 Å². The number of hydrogen-bond donors (Lipinski definition) is 1. The Morgan fingerprint density at radius 2 is 2.19 bits per heavy atom. The summed E-state index contributed by atoms with van der Waals surface area (Å²) in [6.45, 7) is 4.06. The lowest BCUT2D eigenvalue weighted by Crippen LogP contribution is -2.23. The molecule has 0 aliphatic rings. The van der Waals surface area contributed by atoms with E-state index < -0.39 is 0 Å². The Hall–Kier alpha value is -1.34. The van der Waals surface area contributed by atoms with Crippen molar-refractivity contribution in [1.82, 2.24) is 20.2 Å². The first-order chi connectivity index (χ1) is 10.3. The minimum absolute atomic E-state index is 0.727. The highest BCUT2D eigenvalue weighted by Crippen LogP contribution is 2.20. The van der Waals surface area contributed by atoms with Crippen LogP contribution in [0, 0.1) is 0 Å². The van der Waals surface area contributed by atoms with Gasteiger partial charge in [-0.25, -0.2) is 4.98 Å². The van der Waals surface area contributed by atoms with Crippen LogP contribution in [0.2, 0.25) is 0 Å². The SMILES string of the molecule is CN(C)CCOCCNCc1csc(-c2ccccn2)n1. The lowest BCUT2D eigenvalue weighted by molar-refractivity contribution is 0.119. The van der Waals surface area contributed by atoms with Crippen LogP contribution in [0.5, 0.6) is 0 Å². The fourth-order valence-corrected chi connectivity index (χ4v) is 2.50. The highest BCUT2D eigenvalue weighted by atomic mass is 32.1. The van der Waals surface area contributed by atoms with E-state index in [9.17, 15) is 0 Å². The van der Waals surface area contributed by atoms with Crippen molar-refractivity contribution in [2.45, 2.75) is 6.54 Å². The molecule has 21 heavy (non-hydrogen) atoms.